The molecule has 1 N–H and O–H groups in total. The molecule has 1 aliphatic heterocycles. The molecule has 0 radical (unpaired) electrons. The van der Waals surface area contributed by atoms with E-state index in [1.807, 2.05) is 26.0 Å². The van der Waals surface area contributed by atoms with E-state index < -0.39 is 6.04 Å². The van der Waals surface area contributed by atoms with Crippen LogP contribution in [0.1, 0.15) is 28.4 Å². The van der Waals surface area contributed by atoms with E-state index in [4.69, 9.17) is 4.74 Å². The largest absolute Gasteiger partial charge is 0.378 e. The molecule has 1 atom stereocenters. The van der Waals surface area contributed by atoms with Gasteiger partial charge in [-0.2, -0.15) is 0 Å². The highest BCUT2D eigenvalue weighted by atomic mass is 16.5. The third-order valence-corrected chi connectivity index (χ3v) is 3.89. The van der Waals surface area contributed by atoms with Gasteiger partial charge in [0.1, 0.15) is 6.04 Å². The summed E-state index contributed by atoms with van der Waals surface area (Å²) in [5.74, 6) is -0.262. The third-order valence-electron chi connectivity index (χ3n) is 3.89. The summed E-state index contributed by atoms with van der Waals surface area (Å²) in [5, 5.41) is 2.79. The van der Waals surface area contributed by atoms with E-state index in [1.165, 1.54) is 0 Å². The summed E-state index contributed by atoms with van der Waals surface area (Å²) >= 11 is 0. The Morgan fingerprint density at radius 3 is 2.57 bits per heavy atom. The predicted octanol–water partition coefficient (Wildman–Crippen LogP) is 1.28. The molecule has 114 valence electrons. The number of aryl methyl sites for hydroxylation is 1. The zero-order valence-corrected chi connectivity index (χ0v) is 12.8. The van der Waals surface area contributed by atoms with Gasteiger partial charge in [0.25, 0.3) is 5.91 Å². The minimum Gasteiger partial charge on any atom is -0.378 e. The van der Waals surface area contributed by atoms with Crippen molar-refractivity contribution in [2.75, 3.05) is 26.3 Å². The quantitative estimate of drug-likeness (QED) is 0.912. The maximum absolute atomic E-state index is 12.3. The molecule has 0 aliphatic carbocycles. The molecule has 0 spiro atoms. The number of nitrogens with zero attached hydrogens (tertiary/aromatic N) is 1. The van der Waals surface area contributed by atoms with E-state index >= 15 is 0 Å². The van der Waals surface area contributed by atoms with Crippen LogP contribution in [0.25, 0.3) is 0 Å². The molecule has 0 unspecified atom stereocenters. The van der Waals surface area contributed by atoms with Crippen LogP contribution in [0.4, 0.5) is 0 Å². The molecule has 5 nitrogen and oxygen atoms in total. The Labute approximate surface area is 125 Å². The second-order valence-electron chi connectivity index (χ2n) is 5.38. The highest BCUT2D eigenvalue weighted by Gasteiger charge is 2.24. The van der Waals surface area contributed by atoms with Gasteiger partial charge in [-0.3, -0.25) is 9.59 Å². The summed E-state index contributed by atoms with van der Waals surface area (Å²) in [6.07, 6.45) is 0. The fourth-order valence-electron chi connectivity index (χ4n) is 2.39. The van der Waals surface area contributed by atoms with Gasteiger partial charge in [-0.15, -0.1) is 0 Å². The second kappa shape index (κ2) is 6.72. The number of benzene rings is 1. The number of carbonyl (C=O) groups excluding carboxylic acids is 2. The van der Waals surface area contributed by atoms with Crippen molar-refractivity contribution in [2.24, 2.45) is 0 Å². The topological polar surface area (TPSA) is 58.6 Å². The molecule has 1 aromatic carbocycles. The molecule has 1 heterocycles. The van der Waals surface area contributed by atoms with E-state index in [2.05, 4.69) is 5.32 Å². The lowest BCUT2D eigenvalue weighted by Crippen LogP contribution is -2.50. The summed E-state index contributed by atoms with van der Waals surface area (Å²) in [5.41, 5.74) is 2.63. The molecule has 1 saturated heterocycles. The molecule has 2 amide bonds. The van der Waals surface area contributed by atoms with Crippen LogP contribution in [-0.4, -0.2) is 49.1 Å². The predicted molar refractivity (Wildman–Crippen MR) is 80.2 cm³/mol. The van der Waals surface area contributed by atoms with Crippen molar-refractivity contribution in [3.05, 3.63) is 34.9 Å². The SMILES string of the molecule is Cc1cccc(C(=O)N[C@H](C)C(=O)N2CCOCC2)c1C. The van der Waals surface area contributed by atoms with E-state index in [0.717, 1.165) is 11.1 Å². The van der Waals surface area contributed by atoms with Crippen LogP contribution in [0.15, 0.2) is 18.2 Å². The van der Waals surface area contributed by atoms with Crippen molar-refractivity contribution >= 4 is 11.8 Å². The summed E-state index contributed by atoms with van der Waals surface area (Å²) < 4.78 is 5.23. The monoisotopic (exact) mass is 290 g/mol. The molecule has 1 aliphatic rings. The van der Waals surface area contributed by atoms with Crippen molar-refractivity contribution in [3.63, 3.8) is 0 Å². The number of rotatable bonds is 3. The third kappa shape index (κ3) is 3.61. The minimum atomic E-state index is -0.532. The van der Waals surface area contributed by atoms with Gasteiger partial charge in [0, 0.05) is 18.7 Å². The molecule has 1 fully saturated rings. The van der Waals surface area contributed by atoms with Crippen LogP contribution in [-0.2, 0) is 9.53 Å². The van der Waals surface area contributed by atoms with Gasteiger partial charge >= 0.3 is 0 Å². The van der Waals surface area contributed by atoms with Crippen LogP contribution in [0.2, 0.25) is 0 Å². The Bertz CT molecular complexity index is 536. The van der Waals surface area contributed by atoms with Crippen molar-refractivity contribution in [1.82, 2.24) is 10.2 Å². The first-order valence-electron chi connectivity index (χ1n) is 7.24. The Kier molecular flexibility index (Phi) is 4.96. The lowest BCUT2D eigenvalue weighted by atomic mass is 10.0. The molecule has 21 heavy (non-hydrogen) atoms. The van der Waals surface area contributed by atoms with Gasteiger partial charge in [-0.05, 0) is 38.0 Å². The molecule has 1 aromatic rings. The van der Waals surface area contributed by atoms with Gasteiger partial charge in [-0.25, -0.2) is 0 Å². The zero-order valence-electron chi connectivity index (χ0n) is 12.8. The van der Waals surface area contributed by atoms with Gasteiger partial charge in [0.2, 0.25) is 5.91 Å². The molecule has 2 rings (SSSR count). The lowest BCUT2D eigenvalue weighted by Gasteiger charge is -2.29. The fraction of sp³-hybridized carbons (Fsp3) is 0.500. The molecule has 0 saturated carbocycles. The number of nitrogens with one attached hydrogen (secondary N) is 1. The highest BCUT2D eigenvalue weighted by Crippen LogP contribution is 2.13. The first-order valence-corrected chi connectivity index (χ1v) is 7.24. The number of ether oxygens (including phenoxy) is 1. The fourth-order valence-corrected chi connectivity index (χ4v) is 2.39. The number of hydrogen-bond donors (Lipinski definition) is 1. The molecule has 0 aromatic heterocycles. The number of amides is 2. The number of morpholine rings is 1. The van der Waals surface area contributed by atoms with E-state index in [-0.39, 0.29) is 11.8 Å². The lowest BCUT2D eigenvalue weighted by molar-refractivity contribution is -0.136. The van der Waals surface area contributed by atoms with Crippen molar-refractivity contribution < 1.29 is 14.3 Å². The second-order valence-corrected chi connectivity index (χ2v) is 5.38. The first kappa shape index (κ1) is 15.5. The van der Waals surface area contributed by atoms with E-state index in [1.54, 1.807) is 17.9 Å². The van der Waals surface area contributed by atoms with Crippen molar-refractivity contribution in [1.29, 1.82) is 0 Å². The first-order chi connectivity index (χ1) is 10.0. The zero-order chi connectivity index (χ0) is 15.4. The Hall–Kier alpha value is -1.88. The molecular formula is C16H22N2O3. The van der Waals surface area contributed by atoms with Crippen molar-refractivity contribution in [3.8, 4) is 0 Å². The van der Waals surface area contributed by atoms with Gasteiger partial charge in [-0.1, -0.05) is 12.1 Å². The standard InChI is InChI=1S/C16H22N2O3/c1-11-5-4-6-14(12(11)2)15(19)17-13(3)16(20)18-7-9-21-10-8-18/h4-6,13H,7-10H2,1-3H3,(H,17,19)/t13-/m1/s1. The highest BCUT2D eigenvalue weighted by molar-refractivity contribution is 5.98. The molecular weight excluding hydrogens is 268 g/mol. The maximum Gasteiger partial charge on any atom is 0.252 e. The maximum atomic E-state index is 12.3. The average molecular weight is 290 g/mol. The number of hydrogen-bond acceptors (Lipinski definition) is 3. The molecule has 5 heteroatoms. The summed E-state index contributed by atoms with van der Waals surface area (Å²) in [7, 11) is 0. The van der Waals surface area contributed by atoms with Gasteiger partial charge < -0.3 is 15.0 Å². The summed E-state index contributed by atoms with van der Waals surface area (Å²) in [6.45, 7) is 7.89. The minimum absolute atomic E-state index is 0.0584. The Morgan fingerprint density at radius 2 is 1.90 bits per heavy atom. The van der Waals surface area contributed by atoms with Crippen LogP contribution in [0.3, 0.4) is 0 Å². The summed E-state index contributed by atoms with van der Waals surface area (Å²) in [6, 6.07) is 5.07. The van der Waals surface area contributed by atoms with Crippen LogP contribution < -0.4 is 5.32 Å². The van der Waals surface area contributed by atoms with Crippen LogP contribution in [0, 0.1) is 13.8 Å². The summed E-state index contributed by atoms with van der Waals surface area (Å²) in [4.78, 5) is 26.3. The van der Waals surface area contributed by atoms with Crippen LogP contribution >= 0.6 is 0 Å². The van der Waals surface area contributed by atoms with Crippen molar-refractivity contribution in [2.45, 2.75) is 26.8 Å². The van der Waals surface area contributed by atoms with E-state index in [0.29, 0.717) is 31.9 Å². The van der Waals surface area contributed by atoms with Gasteiger partial charge in [0.05, 0.1) is 13.2 Å². The molecule has 0 bridgehead atoms. The number of carbonyl (C=O) groups is 2. The normalized spacial score (nSPS) is 16.4. The van der Waals surface area contributed by atoms with E-state index in [9.17, 15) is 9.59 Å². The Morgan fingerprint density at radius 1 is 1.24 bits per heavy atom. The average Bonchev–Trinajstić information content (AvgIpc) is 2.50. The van der Waals surface area contributed by atoms with Crippen LogP contribution in [0.5, 0.6) is 0 Å². The van der Waals surface area contributed by atoms with Gasteiger partial charge in [0.15, 0.2) is 0 Å². The Balaban J connectivity index is 2.01. The smallest absolute Gasteiger partial charge is 0.252 e.